The number of aromatic nitrogens is 1. The van der Waals surface area contributed by atoms with Crippen LogP contribution in [0.2, 0.25) is 0 Å². The normalized spacial score (nSPS) is 16.9. The number of rotatable bonds is 6. The second-order valence-electron chi connectivity index (χ2n) is 15.1. The monoisotopic (exact) mass is 680 g/mol. The highest BCUT2D eigenvalue weighted by atomic mass is 15.2. The van der Waals surface area contributed by atoms with Gasteiger partial charge in [-0.25, -0.2) is 0 Å². The lowest BCUT2D eigenvalue weighted by Gasteiger charge is -2.34. The summed E-state index contributed by atoms with van der Waals surface area (Å²) in [5, 5.41) is 2.32. The summed E-state index contributed by atoms with van der Waals surface area (Å²) in [4.78, 5) is 2.51. The summed E-state index contributed by atoms with van der Waals surface area (Å²) in [5.74, 6) is 0. The van der Waals surface area contributed by atoms with Crippen molar-refractivity contribution < 1.29 is 0 Å². The van der Waals surface area contributed by atoms with Crippen LogP contribution in [0.25, 0.3) is 55.3 Å². The molecule has 0 bridgehead atoms. The van der Waals surface area contributed by atoms with E-state index in [9.17, 15) is 0 Å². The first kappa shape index (κ1) is 31.4. The first-order valence-electron chi connectivity index (χ1n) is 18.8. The second kappa shape index (κ2) is 12.4. The zero-order valence-electron chi connectivity index (χ0n) is 30.2. The van der Waals surface area contributed by atoms with E-state index in [4.69, 9.17) is 0 Å². The van der Waals surface area contributed by atoms with E-state index in [-0.39, 0.29) is 11.5 Å². The molecule has 1 aromatic heterocycles. The largest absolute Gasteiger partial charge is 0.334 e. The fraction of sp³-hybridized carbons (Fsp3) is 0.137. The smallest absolute Gasteiger partial charge is 0.0628 e. The van der Waals surface area contributed by atoms with E-state index in [0.717, 1.165) is 24.6 Å². The van der Waals surface area contributed by atoms with Crippen LogP contribution in [0.4, 0.5) is 11.4 Å². The molecule has 0 spiro atoms. The highest BCUT2D eigenvalue weighted by Gasteiger charge is 2.36. The molecule has 0 radical (unpaired) electrons. The third kappa shape index (κ3) is 5.19. The number of allylic oxidation sites excluding steroid dienone is 6. The molecule has 1 atom stereocenters. The number of hydrogen-bond donors (Lipinski definition) is 0. The highest BCUT2D eigenvalue weighted by Crippen LogP contribution is 2.50. The van der Waals surface area contributed by atoms with Gasteiger partial charge >= 0.3 is 0 Å². The first-order chi connectivity index (χ1) is 26.0. The molecule has 0 N–H and O–H groups in total. The minimum Gasteiger partial charge on any atom is -0.334 e. The average molecular weight is 681 g/mol. The summed E-state index contributed by atoms with van der Waals surface area (Å²) < 4.78 is 2.43. The fourth-order valence-electron chi connectivity index (χ4n) is 8.98. The maximum Gasteiger partial charge on any atom is 0.0628 e. The van der Waals surface area contributed by atoms with Crippen molar-refractivity contribution in [3.05, 3.63) is 193 Å². The Balaban J connectivity index is 1.01. The lowest BCUT2D eigenvalue weighted by Crippen LogP contribution is -2.30. The molecule has 0 saturated heterocycles. The summed E-state index contributed by atoms with van der Waals surface area (Å²) in [6.45, 7) is 4.72. The van der Waals surface area contributed by atoms with Crippen molar-refractivity contribution >= 4 is 44.5 Å². The van der Waals surface area contributed by atoms with Gasteiger partial charge in [-0.1, -0.05) is 135 Å². The number of nitrogens with zero attached hydrogens (tertiary/aromatic N) is 2. The number of hydrogen-bond acceptors (Lipinski definition) is 1. The standard InChI is InChI=1S/C51H40N2/c1-51(2)47-19-11-9-17-43(47)44-31-30-42(34-48(44)51)52(39-15-7-4-8-16-39)40-26-23-37(24-27-40)38-25-32-50-46(33-38)45-18-10-12-20-49(45)53(50)41-28-21-36(22-29-41)35-13-5-3-6-14-35/h3-9,11-15,17,19-21,23-28,30-34,39H,16,22,29H2,1-2H3. The van der Waals surface area contributed by atoms with Gasteiger partial charge in [-0.15, -0.1) is 0 Å². The summed E-state index contributed by atoms with van der Waals surface area (Å²) in [6, 6.07) is 53.9. The van der Waals surface area contributed by atoms with E-state index in [1.165, 1.54) is 78.0 Å². The van der Waals surface area contributed by atoms with Crippen LogP contribution in [0.3, 0.4) is 0 Å². The van der Waals surface area contributed by atoms with Crippen molar-refractivity contribution in [1.29, 1.82) is 0 Å². The van der Waals surface area contributed by atoms with Crippen molar-refractivity contribution in [3.63, 3.8) is 0 Å². The molecule has 6 aromatic carbocycles. The Morgan fingerprint density at radius 3 is 2.26 bits per heavy atom. The molecular formula is C51H40N2. The maximum atomic E-state index is 3.47. The Morgan fingerprint density at radius 2 is 1.45 bits per heavy atom. The number of fused-ring (bicyclic) bond motifs is 6. The molecule has 53 heavy (non-hydrogen) atoms. The van der Waals surface area contributed by atoms with Gasteiger partial charge in [-0.2, -0.15) is 0 Å². The Hall–Kier alpha value is -6.30. The maximum absolute atomic E-state index is 3.47. The van der Waals surface area contributed by atoms with E-state index < -0.39 is 0 Å². The molecule has 7 aromatic rings. The lowest BCUT2D eigenvalue weighted by atomic mass is 9.82. The Bertz CT molecular complexity index is 2660. The minimum atomic E-state index is -0.0496. The highest BCUT2D eigenvalue weighted by molar-refractivity contribution is 6.10. The minimum absolute atomic E-state index is 0.0496. The third-order valence-corrected chi connectivity index (χ3v) is 11.7. The van der Waals surface area contributed by atoms with Crippen molar-refractivity contribution in [2.45, 2.75) is 44.6 Å². The van der Waals surface area contributed by atoms with E-state index in [1.54, 1.807) is 0 Å². The predicted molar refractivity (Wildman–Crippen MR) is 223 cm³/mol. The molecule has 10 rings (SSSR count). The van der Waals surface area contributed by atoms with Gasteiger partial charge in [0, 0.05) is 27.9 Å². The van der Waals surface area contributed by atoms with Crippen LogP contribution < -0.4 is 4.90 Å². The van der Waals surface area contributed by atoms with Gasteiger partial charge in [-0.3, -0.25) is 0 Å². The van der Waals surface area contributed by atoms with Crippen molar-refractivity contribution in [3.8, 4) is 22.3 Å². The van der Waals surface area contributed by atoms with Gasteiger partial charge in [0.2, 0.25) is 0 Å². The Kier molecular flexibility index (Phi) is 7.37. The first-order valence-corrected chi connectivity index (χ1v) is 18.8. The number of benzene rings is 5. The van der Waals surface area contributed by atoms with E-state index in [2.05, 4.69) is 193 Å². The molecule has 0 fully saturated rings. The number of anilines is 2. The van der Waals surface area contributed by atoms with Crippen molar-refractivity contribution in [2.24, 2.45) is 0 Å². The van der Waals surface area contributed by atoms with Crippen LogP contribution in [0, 0.1) is 12.1 Å². The van der Waals surface area contributed by atoms with Gasteiger partial charge < -0.3 is 9.47 Å². The molecule has 254 valence electrons. The molecule has 1 heterocycles. The molecule has 2 nitrogen and oxygen atoms in total. The second-order valence-corrected chi connectivity index (χ2v) is 15.1. The van der Waals surface area contributed by atoms with Gasteiger partial charge in [0.25, 0.3) is 0 Å². The van der Waals surface area contributed by atoms with Gasteiger partial charge in [-0.05, 0) is 118 Å². The van der Waals surface area contributed by atoms with Crippen LogP contribution in [0.15, 0.2) is 164 Å². The van der Waals surface area contributed by atoms with Crippen LogP contribution >= 0.6 is 0 Å². The van der Waals surface area contributed by atoms with Gasteiger partial charge in [0.1, 0.15) is 0 Å². The predicted octanol–water partition coefficient (Wildman–Crippen LogP) is 13.1. The zero-order chi connectivity index (χ0) is 35.5. The zero-order valence-corrected chi connectivity index (χ0v) is 30.2. The SMILES string of the molecule is CC1(C)c2ccccc2-c2ccc(N(c3ccc(-c4ccc5c(c4)c4c#cccc4n5C4=CC=C(c5ccccc5)CC4)cc3)C3C=CC=CC3)cc21. The molecule has 2 heteroatoms. The van der Waals surface area contributed by atoms with Crippen LogP contribution in [-0.2, 0) is 5.41 Å². The Morgan fingerprint density at radius 1 is 0.660 bits per heavy atom. The van der Waals surface area contributed by atoms with Crippen molar-refractivity contribution in [1.82, 2.24) is 4.57 Å². The Labute approximate surface area is 312 Å². The molecule has 0 aliphatic heterocycles. The third-order valence-electron chi connectivity index (χ3n) is 11.7. The fourth-order valence-corrected chi connectivity index (χ4v) is 8.98. The quantitative estimate of drug-likeness (QED) is 0.170. The summed E-state index contributed by atoms with van der Waals surface area (Å²) in [5.41, 5.74) is 16.7. The van der Waals surface area contributed by atoms with Crippen LogP contribution in [0.1, 0.15) is 49.8 Å². The van der Waals surface area contributed by atoms with E-state index in [1.807, 2.05) is 6.07 Å². The van der Waals surface area contributed by atoms with Crippen molar-refractivity contribution in [2.75, 3.05) is 4.90 Å². The molecule has 3 aliphatic carbocycles. The molecule has 3 aliphatic rings. The molecule has 1 unspecified atom stereocenters. The van der Waals surface area contributed by atoms with Crippen LogP contribution in [0.5, 0.6) is 0 Å². The van der Waals surface area contributed by atoms with E-state index in [0.29, 0.717) is 0 Å². The summed E-state index contributed by atoms with van der Waals surface area (Å²) >= 11 is 0. The van der Waals surface area contributed by atoms with Gasteiger partial charge in [0.05, 0.1) is 22.5 Å². The van der Waals surface area contributed by atoms with E-state index >= 15 is 0 Å². The summed E-state index contributed by atoms with van der Waals surface area (Å²) in [6.07, 6.45) is 16.5. The molecule has 0 amide bonds. The topological polar surface area (TPSA) is 8.17 Å². The van der Waals surface area contributed by atoms with Gasteiger partial charge in [0.15, 0.2) is 0 Å². The molecule has 0 saturated carbocycles. The van der Waals surface area contributed by atoms with Crippen LogP contribution in [-0.4, -0.2) is 10.6 Å². The molecular weight excluding hydrogens is 641 g/mol. The summed E-state index contributed by atoms with van der Waals surface area (Å²) in [7, 11) is 0. The average Bonchev–Trinajstić information content (AvgIpc) is 3.67. The lowest BCUT2D eigenvalue weighted by molar-refractivity contribution is 0.659.